The summed E-state index contributed by atoms with van der Waals surface area (Å²) in [5, 5.41) is 10.6. The molecular weight excluding hydrogens is 220 g/mol. The van der Waals surface area contributed by atoms with Crippen LogP contribution in [-0.2, 0) is 6.42 Å². The maximum absolute atomic E-state index is 10.6. The van der Waals surface area contributed by atoms with Crippen molar-refractivity contribution in [2.24, 2.45) is 5.41 Å². The smallest absolute Gasteiger partial charge is 0.0648 e. The summed E-state index contributed by atoms with van der Waals surface area (Å²) >= 11 is 0. The van der Waals surface area contributed by atoms with Gasteiger partial charge >= 0.3 is 0 Å². The van der Waals surface area contributed by atoms with Crippen LogP contribution in [0.15, 0.2) is 30.3 Å². The number of hydrogen-bond acceptors (Lipinski definition) is 1. The molecule has 1 nitrogen and oxygen atoms in total. The molecule has 1 N–H and O–H groups in total. The molecule has 1 heteroatoms. The van der Waals surface area contributed by atoms with E-state index in [1.165, 1.54) is 5.56 Å². The molecule has 0 bridgehead atoms. The second kappa shape index (κ2) is 5.44. The Kier molecular flexibility index (Phi) is 4.11. The molecule has 1 fully saturated rings. The van der Waals surface area contributed by atoms with Gasteiger partial charge in [0.05, 0.1) is 5.60 Å². The van der Waals surface area contributed by atoms with Crippen molar-refractivity contribution in [3.05, 3.63) is 35.9 Å². The highest BCUT2D eigenvalue weighted by molar-refractivity contribution is 5.14. The fourth-order valence-corrected chi connectivity index (χ4v) is 2.91. The molecule has 1 saturated carbocycles. The molecule has 0 heterocycles. The molecule has 0 atom stereocenters. The van der Waals surface area contributed by atoms with Crippen LogP contribution in [0.3, 0.4) is 0 Å². The topological polar surface area (TPSA) is 20.2 Å². The molecule has 1 aliphatic rings. The van der Waals surface area contributed by atoms with E-state index in [2.05, 4.69) is 44.2 Å². The maximum Gasteiger partial charge on any atom is 0.0648 e. The first-order valence-corrected chi connectivity index (χ1v) is 7.26. The Hall–Kier alpha value is -0.820. The molecule has 0 radical (unpaired) electrons. The van der Waals surface area contributed by atoms with Crippen molar-refractivity contribution in [1.29, 1.82) is 0 Å². The van der Waals surface area contributed by atoms with Crippen molar-refractivity contribution in [1.82, 2.24) is 0 Å². The molecule has 0 unspecified atom stereocenters. The first kappa shape index (κ1) is 13.6. The van der Waals surface area contributed by atoms with Crippen molar-refractivity contribution in [2.75, 3.05) is 0 Å². The van der Waals surface area contributed by atoms with Crippen LogP contribution in [0.5, 0.6) is 0 Å². The maximum atomic E-state index is 10.6. The second-order valence-corrected chi connectivity index (χ2v) is 6.73. The summed E-state index contributed by atoms with van der Waals surface area (Å²) in [6.45, 7) is 4.63. The van der Waals surface area contributed by atoms with Gasteiger partial charge in [-0.05, 0) is 55.9 Å². The highest BCUT2D eigenvalue weighted by atomic mass is 16.3. The highest BCUT2D eigenvalue weighted by Gasteiger charge is 2.35. The van der Waals surface area contributed by atoms with Gasteiger partial charge in [0.25, 0.3) is 0 Å². The minimum absolute atomic E-state index is 0.385. The van der Waals surface area contributed by atoms with Gasteiger partial charge in [-0.15, -0.1) is 0 Å². The molecule has 2 rings (SSSR count). The lowest BCUT2D eigenvalue weighted by Gasteiger charge is -2.40. The molecule has 0 aromatic heterocycles. The monoisotopic (exact) mass is 246 g/mol. The Morgan fingerprint density at radius 1 is 1.00 bits per heavy atom. The van der Waals surface area contributed by atoms with Gasteiger partial charge < -0.3 is 5.11 Å². The Morgan fingerprint density at radius 3 is 2.22 bits per heavy atom. The van der Waals surface area contributed by atoms with Crippen molar-refractivity contribution < 1.29 is 5.11 Å². The number of benzene rings is 1. The largest absolute Gasteiger partial charge is 0.390 e. The van der Waals surface area contributed by atoms with Gasteiger partial charge in [0.15, 0.2) is 0 Å². The van der Waals surface area contributed by atoms with Crippen molar-refractivity contribution in [3.63, 3.8) is 0 Å². The number of rotatable bonds is 4. The summed E-state index contributed by atoms with van der Waals surface area (Å²) in [6.07, 6.45) is 7.43. The van der Waals surface area contributed by atoms with E-state index >= 15 is 0 Å². The summed E-state index contributed by atoms with van der Waals surface area (Å²) in [5.41, 5.74) is 1.44. The lowest BCUT2D eigenvalue weighted by Crippen LogP contribution is -2.36. The number of aryl methyl sites for hydroxylation is 1. The molecule has 18 heavy (non-hydrogen) atoms. The summed E-state index contributed by atoms with van der Waals surface area (Å²) in [6, 6.07) is 10.6. The third-order valence-electron chi connectivity index (χ3n) is 4.48. The third-order valence-corrected chi connectivity index (χ3v) is 4.48. The minimum Gasteiger partial charge on any atom is -0.390 e. The van der Waals surface area contributed by atoms with Gasteiger partial charge in [-0.25, -0.2) is 0 Å². The molecule has 0 saturated heterocycles. The van der Waals surface area contributed by atoms with Crippen LogP contribution in [0.25, 0.3) is 0 Å². The fourth-order valence-electron chi connectivity index (χ4n) is 2.91. The van der Waals surface area contributed by atoms with Gasteiger partial charge in [-0.3, -0.25) is 0 Å². The summed E-state index contributed by atoms with van der Waals surface area (Å²) in [4.78, 5) is 0. The first-order valence-electron chi connectivity index (χ1n) is 7.26. The van der Waals surface area contributed by atoms with Crippen LogP contribution < -0.4 is 0 Å². The van der Waals surface area contributed by atoms with Crippen molar-refractivity contribution in [3.8, 4) is 0 Å². The van der Waals surface area contributed by atoms with E-state index in [0.29, 0.717) is 5.41 Å². The molecule has 1 aliphatic carbocycles. The van der Waals surface area contributed by atoms with Crippen LogP contribution in [0.1, 0.15) is 57.9 Å². The first-order chi connectivity index (χ1) is 8.49. The Bertz CT molecular complexity index is 356. The zero-order valence-electron chi connectivity index (χ0n) is 11.8. The van der Waals surface area contributed by atoms with Crippen LogP contribution in [-0.4, -0.2) is 10.7 Å². The SMILES string of the molecule is CC1(C)CCC(O)(CCCc2ccccc2)CC1. The zero-order valence-corrected chi connectivity index (χ0v) is 11.8. The van der Waals surface area contributed by atoms with Gasteiger partial charge in [-0.2, -0.15) is 0 Å². The minimum atomic E-state index is -0.385. The number of hydrogen-bond donors (Lipinski definition) is 1. The predicted octanol–water partition coefficient (Wildman–Crippen LogP) is 4.34. The lowest BCUT2D eigenvalue weighted by atomic mass is 9.69. The van der Waals surface area contributed by atoms with Crippen LogP contribution in [0, 0.1) is 5.41 Å². The molecule has 0 amide bonds. The fraction of sp³-hybridized carbons (Fsp3) is 0.647. The standard InChI is InChI=1S/C17H26O/c1-16(2)11-13-17(18,14-12-16)10-6-9-15-7-4-3-5-8-15/h3-5,7-8,18H,6,9-14H2,1-2H3. The van der Waals surface area contributed by atoms with E-state index < -0.39 is 0 Å². The van der Waals surface area contributed by atoms with Gasteiger partial charge in [0.1, 0.15) is 0 Å². The summed E-state index contributed by atoms with van der Waals surface area (Å²) in [7, 11) is 0. The average molecular weight is 246 g/mol. The lowest BCUT2D eigenvalue weighted by molar-refractivity contribution is -0.0333. The van der Waals surface area contributed by atoms with Crippen molar-refractivity contribution in [2.45, 2.75) is 64.4 Å². The Morgan fingerprint density at radius 2 is 1.61 bits per heavy atom. The molecule has 1 aromatic carbocycles. The summed E-state index contributed by atoms with van der Waals surface area (Å²) in [5.74, 6) is 0. The Balaban J connectivity index is 1.77. The van der Waals surface area contributed by atoms with Crippen LogP contribution in [0.2, 0.25) is 0 Å². The van der Waals surface area contributed by atoms with E-state index in [0.717, 1.165) is 44.9 Å². The van der Waals surface area contributed by atoms with Gasteiger partial charge in [0, 0.05) is 0 Å². The molecule has 100 valence electrons. The van der Waals surface area contributed by atoms with E-state index in [-0.39, 0.29) is 5.60 Å². The quantitative estimate of drug-likeness (QED) is 0.838. The second-order valence-electron chi connectivity index (χ2n) is 6.73. The van der Waals surface area contributed by atoms with Crippen LogP contribution in [0.4, 0.5) is 0 Å². The van der Waals surface area contributed by atoms with Gasteiger partial charge in [-0.1, -0.05) is 44.2 Å². The third kappa shape index (κ3) is 3.84. The van der Waals surface area contributed by atoms with E-state index in [4.69, 9.17) is 0 Å². The predicted molar refractivity (Wildman–Crippen MR) is 76.6 cm³/mol. The number of aliphatic hydroxyl groups is 1. The molecular formula is C17H26O. The Labute approximate surface area is 111 Å². The molecule has 0 aliphatic heterocycles. The van der Waals surface area contributed by atoms with E-state index in [1.54, 1.807) is 0 Å². The molecule has 1 aromatic rings. The van der Waals surface area contributed by atoms with E-state index in [9.17, 15) is 5.11 Å². The van der Waals surface area contributed by atoms with E-state index in [1.807, 2.05) is 0 Å². The molecule has 0 spiro atoms. The van der Waals surface area contributed by atoms with Crippen LogP contribution >= 0.6 is 0 Å². The zero-order chi connectivity index (χ0) is 13.1. The normalized spacial score (nSPS) is 21.7. The van der Waals surface area contributed by atoms with Gasteiger partial charge in [0.2, 0.25) is 0 Å². The average Bonchev–Trinajstić information content (AvgIpc) is 2.35. The van der Waals surface area contributed by atoms with Crippen molar-refractivity contribution >= 4 is 0 Å². The summed E-state index contributed by atoms with van der Waals surface area (Å²) < 4.78 is 0. The highest BCUT2D eigenvalue weighted by Crippen LogP contribution is 2.42.